The van der Waals surface area contributed by atoms with Crippen molar-refractivity contribution in [1.29, 1.82) is 0 Å². The predicted octanol–water partition coefficient (Wildman–Crippen LogP) is 5.14. The van der Waals surface area contributed by atoms with Gasteiger partial charge in [0.1, 0.15) is 6.61 Å². The van der Waals surface area contributed by atoms with Crippen molar-refractivity contribution in [2.75, 3.05) is 13.2 Å². The van der Waals surface area contributed by atoms with Crippen LogP contribution in [-0.4, -0.2) is 18.3 Å². The molecular formula is C24H26ClNO3. The van der Waals surface area contributed by atoms with Gasteiger partial charge in [0, 0.05) is 23.7 Å². The highest BCUT2D eigenvalue weighted by Gasteiger charge is 2.10. The molecule has 3 aromatic rings. The van der Waals surface area contributed by atoms with Gasteiger partial charge in [-0.3, -0.25) is 0 Å². The molecule has 3 aromatic carbocycles. The van der Waals surface area contributed by atoms with E-state index >= 15 is 0 Å². The number of nitrogens with one attached hydrogen (secondary N) is 1. The molecule has 0 bridgehead atoms. The van der Waals surface area contributed by atoms with Crippen molar-refractivity contribution < 1.29 is 14.6 Å². The lowest BCUT2D eigenvalue weighted by atomic mass is 10.1. The van der Waals surface area contributed by atoms with Crippen molar-refractivity contribution in [3.05, 3.63) is 94.5 Å². The smallest absolute Gasteiger partial charge is 0.161 e. The summed E-state index contributed by atoms with van der Waals surface area (Å²) in [7, 11) is 0. The average molecular weight is 412 g/mol. The fourth-order valence-corrected chi connectivity index (χ4v) is 3.16. The molecule has 0 spiro atoms. The molecule has 152 valence electrons. The minimum Gasteiger partial charge on any atom is -0.490 e. The van der Waals surface area contributed by atoms with E-state index in [1.807, 2.05) is 79.7 Å². The zero-order valence-corrected chi connectivity index (χ0v) is 17.2. The standard InChI is InChI=1S/C24H26ClNO3/c1-2-28-24-14-18(15-26-16-22(27)19-8-4-3-5-9-19)12-13-23(24)29-17-20-10-6-7-11-21(20)25/h3-14,22,26-27H,2,15-17H2,1H3. The quantitative estimate of drug-likeness (QED) is 0.485. The van der Waals surface area contributed by atoms with Crippen molar-refractivity contribution in [3.8, 4) is 11.5 Å². The summed E-state index contributed by atoms with van der Waals surface area (Å²) < 4.78 is 11.7. The van der Waals surface area contributed by atoms with E-state index < -0.39 is 6.10 Å². The zero-order valence-electron chi connectivity index (χ0n) is 16.5. The van der Waals surface area contributed by atoms with Crippen molar-refractivity contribution >= 4 is 11.6 Å². The summed E-state index contributed by atoms with van der Waals surface area (Å²) in [6, 6.07) is 23.1. The predicted molar refractivity (Wildman–Crippen MR) is 117 cm³/mol. The van der Waals surface area contributed by atoms with Gasteiger partial charge in [-0.05, 0) is 36.2 Å². The molecule has 1 unspecified atom stereocenters. The van der Waals surface area contributed by atoms with Crippen LogP contribution in [0.15, 0.2) is 72.8 Å². The molecule has 0 radical (unpaired) electrons. The highest BCUT2D eigenvalue weighted by molar-refractivity contribution is 6.31. The number of aliphatic hydroxyl groups is 1. The fraction of sp³-hybridized carbons (Fsp3) is 0.250. The molecule has 0 fully saturated rings. The third-order valence-corrected chi connectivity index (χ3v) is 4.87. The van der Waals surface area contributed by atoms with Gasteiger partial charge in [-0.15, -0.1) is 0 Å². The summed E-state index contributed by atoms with van der Waals surface area (Å²) in [6.45, 7) is 3.96. The Morgan fingerprint density at radius 2 is 1.69 bits per heavy atom. The lowest BCUT2D eigenvalue weighted by Crippen LogP contribution is -2.21. The second-order valence-electron chi connectivity index (χ2n) is 6.65. The number of ether oxygens (including phenoxy) is 2. The van der Waals surface area contributed by atoms with Crippen LogP contribution >= 0.6 is 11.6 Å². The first-order valence-corrected chi connectivity index (χ1v) is 10.1. The first-order valence-electron chi connectivity index (χ1n) is 9.73. The minimum absolute atomic E-state index is 0.376. The molecule has 0 saturated carbocycles. The lowest BCUT2D eigenvalue weighted by Gasteiger charge is -2.15. The number of hydrogen-bond acceptors (Lipinski definition) is 4. The molecular weight excluding hydrogens is 386 g/mol. The Hall–Kier alpha value is -2.53. The van der Waals surface area contributed by atoms with E-state index in [-0.39, 0.29) is 0 Å². The SMILES string of the molecule is CCOc1cc(CNCC(O)c2ccccc2)ccc1OCc1ccccc1Cl. The summed E-state index contributed by atoms with van der Waals surface area (Å²) in [6.07, 6.45) is -0.541. The maximum absolute atomic E-state index is 10.3. The van der Waals surface area contributed by atoms with Gasteiger partial charge in [0.2, 0.25) is 0 Å². The topological polar surface area (TPSA) is 50.7 Å². The number of halogens is 1. The number of rotatable bonds is 10. The Morgan fingerprint density at radius 3 is 2.45 bits per heavy atom. The Morgan fingerprint density at radius 1 is 0.931 bits per heavy atom. The molecule has 0 aliphatic heterocycles. The summed E-state index contributed by atoms with van der Waals surface area (Å²) in [5.74, 6) is 1.38. The zero-order chi connectivity index (χ0) is 20.5. The van der Waals surface area contributed by atoms with Gasteiger partial charge >= 0.3 is 0 Å². The van der Waals surface area contributed by atoms with Crippen molar-refractivity contribution in [2.24, 2.45) is 0 Å². The maximum Gasteiger partial charge on any atom is 0.161 e. The highest BCUT2D eigenvalue weighted by Crippen LogP contribution is 2.30. The molecule has 0 saturated heterocycles. The van der Waals surface area contributed by atoms with Gasteiger partial charge in [-0.1, -0.05) is 66.2 Å². The summed E-state index contributed by atoms with van der Waals surface area (Å²) in [4.78, 5) is 0. The molecule has 2 N–H and O–H groups in total. The van der Waals surface area contributed by atoms with E-state index in [0.29, 0.717) is 42.8 Å². The van der Waals surface area contributed by atoms with Crippen molar-refractivity contribution in [1.82, 2.24) is 5.32 Å². The molecule has 0 aliphatic rings. The van der Waals surface area contributed by atoms with Gasteiger partial charge in [0.05, 0.1) is 12.7 Å². The largest absolute Gasteiger partial charge is 0.490 e. The highest BCUT2D eigenvalue weighted by atomic mass is 35.5. The number of benzene rings is 3. The third kappa shape index (κ3) is 6.23. The molecule has 3 rings (SSSR count). The van der Waals surface area contributed by atoms with Crippen molar-refractivity contribution in [3.63, 3.8) is 0 Å². The molecule has 0 aromatic heterocycles. The van der Waals surface area contributed by atoms with E-state index in [1.54, 1.807) is 0 Å². The molecule has 0 amide bonds. The Balaban J connectivity index is 1.59. The van der Waals surface area contributed by atoms with Crippen LogP contribution in [0.5, 0.6) is 11.5 Å². The van der Waals surface area contributed by atoms with Crippen LogP contribution in [0.3, 0.4) is 0 Å². The van der Waals surface area contributed by atoms with Crippen LogP contribution in [-0.2, 0) is 13.2 Å². The van der Waals surface area contributed by atoms with Crippen LogP contribution in [0.2, 0.25) is 5.02 Å². The van der Waals surface area contributed by atoms with E-state index in [4.69, 9.17) is 21.1 Å². The lowest BCUT2D eigenvalue weighted by molar-refractivity contribution is 0.174. The third-order valence-electron chi connectivity index (χ3n) is 4.50. The monoisotopic (exact) mass is 411 g/mol. The fourth-order valence-electron chi connectivity index (χ4n) is 2.97. The van der Waals surface area contributed by atoms with Gasteiger partial charge in [-0.2, -0.15) is 0 Å². The molecule has 0 aliphatic carbocycles. The van der Waals surface area contributed by atoms with Gasteiger partial charge < -0.3 is 19.9 Å². The second kappa shape index (κ2) is 10.9. The first-order chi connectivity index (χ1) is 14.2. The van der Waals surface area contributed by atoms with E-state index in [9.17, 15) is 5.11 Å². The van der Waals surface area contributed by atoms with Crippen molar-refractivity contribution in [2.45, 2.75) is 26.2 Å². The first kappa shape index (κ1) is 21.2. The summed E-state index contributed by atoms with van der Waals surface area (Å²) >= 11 is 6.20. The van der Waals surface area contributed by atoms with Crippen LogP contribution in [0, 0.1) is 0 Å². The molecule has 1 atom stereocenters. The Kier molecular flexibility index (Phi) is 7.94. The van der Waals surface area contributed by atoms with E-state index in [1.165, 1.54) is 0 Å². The van der Waals surface area contributed by atoms with Gasteiger partial charge in [0.25, 0.3) is 0 Å². The number of hydrogen-bond donors (Lipinski definition) is 2. The normalized spacial score (nSPS) is 11.8. The van der Waals surface area contributed by atoms with E-state index in [2.05, 4.69) is 5.32 Å². The van der Waals surface area contributed by atoms with Crippen LogP contribution in [0.1, 0.15) is 29.7 Å². The van der Waals surface area contributed by atoms with E-state index in [0.717, 1.165) is 16.7 Å². The number of aliphatic hydroxyl groups excluding tert-OH is 1. The van der Waals surface area contributed by atoms with Gasteiger partial charge in [-0.25, -0.2) is 0 Å². The molecule has 5 heteroatoms. The summed E-state index contributed by atoms with van der Waals surface area (Å²) in [5.41, 5.74) is 2.88. The Bertz CT molecular complexity index is 902. The van der Waals surface area contributed by atoms with Crippen LogP contribution in [0.4, 0.5) is 0 Å². The molecule has 4 nitrogen and oxygen atoms in total. The minimum atomic E-state index is -0.541. The van der Waals surface area contributed by atoms with Crippen LogP contribution in [0.25, 0.3) is 0 Å². The van der Waals surface area contributed by atoms with Crippen LogP contribution < -0.4 is 14.8 Å². The average Bonchev–Trinajstić information content (AvgIpc) is 2.75. The Labute approximate surface area is 177 Å². The molecule has 29 heavy (non-hydrogen) atoms. The molecule has 0 heterocycles. The second-order valence-corrected chi connectivity index (χ2v) is 7.06. The van der Waals surface area contributed by atoms with Gasteiger partial charge in [0.15, 0.2) is 11.5 Å². The summed E-state index contributed by atoms with van der Waals surface area (Å²) in [5, 5.41) is 14.2. The maximum atomic E-state index is 10.3.